The molecule has 1 aromatic heterocycles. The Labute approximate surface area is 146 Å². The highest BCUT2D eigenvalue weighted by Crippen LogP contribution is 2.27. The van der Waals surface area contributed by atoms with E-state index in [1.807, 2.05) is 44.2 Å². The number of nitrogens with zero attached hydrogens (tertiary/aromatic N) is 1. The van der Waals surface area contributed by atoms with Crippen LogP contribution in [-0.4, -0.2) is 16.1 Å². The standard InChI is InChI=1S/C20H20N2OS/c1-13-8-10-16(11-9-13)24-15(3)20(23)22-19-12-14(2)21-18-7-5-4-6-17(18)19/h4-12,15H,1-3H3,(H,21,22,23). The SMILES string of the molecule is Cc1ccc(SC(C)C(=O)Nc2cc(C)nc3ccccc23)cc1. The van der Waals surface area contributed by atoms with E-state index in [2.05, 4.69) is 41.5 Å². The van der Waals surface area contributed by atoms with Gasteiger partial charge in [0.1, 0.15) is 0 Å². The molecule has 0 aliphatic heterocycles. The number of amides is 1. The van der Waals surface area contributed by atoms with Crippen LogP contribution in [0.2, 0.25) is 0 Å². The lowest BCUT2D eigenvalue weighted by Crippen LogP contribution is -2.22. The van der Waals surface area contributed by atoms with Crippen LogP contribution in [0.15, 0.2) is 59.5 Å². The fourth-order valence-electron chi connectivity index (χ4n) is 2.52. The summed E-state index contributed by atoms with van der Waals surface area (Å²) in [4.78, 5) is 18.2. The summed E-state index contributed by atoms with van der Waals surface area (Å²) in [6.07, 6.45) is 0. The van der Waals surface area contributed by atoms with Crippen LogP contribution in [0.25, 0.3) is 10.9 Å². The van der Waals surface area contributed by atoms with Crippen LogP contribution in [-0.2, 0) is 4.79 Å². The van der Waals surface area contributed by atoms with Crippen molar-refractivity contribution in [2.45, 2.75) is 30.9 Å². The van der Waals surface area contributed by atoms with Gasteiger partial charge in [-0.15, -0.1) is 11.8 Å². The number of thioether (sulfide) groups is 1. The van der Waals surface area contributed by atoms with Crippen LogP contribution < -0.4 is 5.32 Å². The molecule has 0 bridgehead atoms. The fraction of sp³-hybridized carbons (Fsp3) is 0.200. The van der Waals surface area contributed by atoms with Crippen molar-refractivity contribution in [2.75, 3.05) is 5.32 Å². The molecule has 3 aromatic rings. The van der Waals surface area contributed by atoms with Crippen LogP contribution >= 0.6 is 11.8 Å². The van der Waals surface area contributed by atoms with Crippen molar-refractivity contribution in [3.63, 3.8) is 0 Å². The molecular weight excluding hydrogens is 316 g/mol. The average molecular weight is 336 g/mol. The van der Waals surface area contributed by atoms with Gasteiger partial charge < -0.3 is 5.32 Å². The minimum atomic E-state index is -0.181. The van der Waals surface area contributed by atoms with E-state index < -0.39 is 0 Å². The highest BCUT2D eigenvalue weighted by Gasteiger charge is 2.16. The van der Waals surface area contributed by atoms with Gasteiger partial charge in [0.05, 0.1) is 16.5 Å². The molecule has 2 aromatic carbocycles. The Kier molecular flexibility index (Phi) is 4.86. The largest absolute Gasteiger partial charge is 0.324 e. The Bertz CT molecular complexity index is 874. The molecule has 1 N–H and O–H groups in total. The van der Waals surface area contributed by atoms with Gasteiger partial charge in [-0.3, -0.25) is 9.78 Å². The zero-order valence-corrected chi connectivity index (χ0v) is 14.9. The Morgan fingerprint density at radius 2 is 1.79 bits per heavy atom. The predicted octanol–water partition coefficient (Wildman–Crippen LogP) is 4.97. The van der Waals surface area contributed by atoms with Crippen molar-refractivity contribution in [3.05, 3.63) is 65.9 Å². The van der Waals surface area contributed by atoms with Crippen molar-refractivity contribution in [2.24, 2.45) is 0 Å². The molecule has 1 amide bonds. The van der Waals surface area contributed by atoms with Crippen molar-refractivity contribution in [3.8, 4) is 0 Å². The molecule has 1 unspecified atom stereocenters. The molecular formula is C20H20N2OS. The van der Waals surface area contributed by atoms with Gasteiger partial charge in [0.15, 0.2) is 0 Å². The molecule has 24 heavy (non-hydrogen) atoms. The number of nitrogens with one attached hydrogen (secondary N) is 1. The fourth-order valence-corrected chi connectivity index (χ4v) is 3.39. The second-order valence-electron chi connectivity index (χ2n) is 5.89. The highest BCUT2D eigenvalue weighted by atomic mass is 32.2. The zero-order chi connectivity index (χ0) is 17.1. The Hall–Kier alpha value is -2.33. The first-order valence-corrected chi connectivity index (χ1v) is 8.81. The summed E-state index contributed by atoms with van der Waals surface area (Å²) in [6, 6.07) is 18.0. The summed E-state index contributed by atoms with van der Waals surface area (Å²) in [6.45, 7) is 5.92. The van der Waals surface area contributed by atoms with Crippen LogP contribution in [0.5, 0.6) is 0 Å². The Morgan fingerprint density at radius 3 is 2.54 bits per heavy atom. The van der Waals surface area contributed by atoms with Gasteiger partial charge in [-0.1, -0.05) is 35.9 Å². The molecule has 1 atom stereocenters. The first-order valence-electron chi connectivity index (χ1n) is 7.93. The third-order valence-corrected chi connectivity index (χ3v) is 4.92. The lowest BCUT2D eigenvalue weighted by Gasteiger charge is -2.14. The third-order valence-electron chi connectivity index (χ3n) is 3.81. The maximum absolute atomic E-state index is 12.6. The second kappa shape index (κ2) is 7.05. The lowest BCUT2D eigenvalue weighted by molar-refractivity contribution is -0.115. The number of hydrogen-bond acceptors (Lipinski definition) is 3. The number of anilines is 1. The molecule has 0 spiro atoms. The summed E-state index contributed by atoms with van der Waals surface area (Å²) in [5, 5.41) is 3.84. The molecule has 4 heteroatoms. The normalized spacial score (nSPS) is 12.1. The van der Waals surface area contributed by atoms with Gasteiger partial charge in [0, 0.05) is 16.0 Å². The van der Waals surface area contributed by atoms with Crippen molar-refractivity contribution >= 4 is 34.3 Å². The summed E-state index contributed by atoms with van der Waals surface area (Å²) in [7, 11) is 0. The molecule has 0 fully saturated rings. The molecule has 0 aliphatic carbocycles. The maximum Gasteiger partial charge on any atom is 0.237 e. The van der Waals surface area contributed by atoms with Crippen LogP contribution in [0.4, 0.5) is 5.69 Å². The van der Waals surface area contributed by atoms with Gasteiger partial charge in [-0.05, 0) is 45.0 Å². The quantitative estimate of drug-likeness (QED) is 0.684. The Morgan fingerprint density at radius 1 is 1.08 bits per heavy atom. The van der Waals surface area contributed by atoms with Crippen LogP contribution in [0, 0.1) is 13.8 Å². The molecule has 3 nitrogen and oxygen atoms in total. The third kappa shape index (κ3) is 3.77. The van der Waals surface area contributed by atoms with Gasteiger partial charge >= 0.3 is 0 Å². The number of fused-ring (bicyclic) bond motifs is 1. The minimum absolute atomic E-state index is 0.00340. The van der Waals surface area contributed by atoms with E-state index in [-0.39, 0.29) is 11.2 Å². The minimum Gasteiger partial charge on any atom is -0.324 e. The summed E-state index contributed by atoms with van der Waals surface area (Å²) < 4.78 is 0. The number of carbonyl (C=O) groups is 1. The van der Waals surface area contributed by atoms with E-state index in [4.69, 9.17) is 0 Å². The summed E-state index contributed by atoms with van der Waals surface area (Å²) >= 11 is 1.56. The maximum atomic E-state index is 12.6. The average Bonchev–Trinajstić information content (AvgIpc) is 2.56. The van der Waals surface area contributed by atoms with Gasteiger partial charge in [-0.25, -0.2) is 0 Å². The number of aromatic nitrogens is 1. The van der Waals surface area contributed by atoms with E-state index >= 15 is 0 Å². The van der Waals surface area contributed by atoms with Crippen LogP contribution in [0.3, 0.4) is 0 Å². The van der Waals surface area contributed by atoms with Crippen molar-refractivity contribution in [1.82, 2.24) is 4.98 Å². The van der Waals surface area contributed by atoms with E-state index in [0.29, 0.717) is 0 Å². The number of rotatable bonds is 4. The van der Waals surface area contributed by atoms with Gasteiger partial charge in [0.25, 0.3) is 0 Å². The summed E-state index contributed by atoms with van der Waals surface area (Å²) in [5.41, 5.74) is 3.82. The number of para-hydroxylation sites is 1. The Balaban J connectivity index is 1.78. The number of pyridine rings is 1. The van der Waals surface area contributed by atoms with Gasteiger partial charge in [0.2, 0.25) is 5.91 Å². The molecule has 0 aliphatic rings. The van der Waals surface area contributed by atoms with Gasteiger partial charge in [-0.2, -0.15) is 0 Å². The number of hydrogen-bond donors (Lipinski definition) is 1. The van der Waals surface area contributed by atoms with Crippen molar-refractivity contribution < 1.29 is 4.79 Å². The molecule has 3 rings (SSSR count). The molecule has 1 heterocycles. The smallest absolute Gasteiger partial charge is 0.237 e. The summed E-state index contributed by atoms with van der Waals surface area (Å²) in [5.74, 6) is -0.00340. The molecule has 122 valence electrons. The number of benzene rings is 2. The van der Waals surface area contributed by atoms with E-state index in [0.717, 1.165) is 27.2 Å². The number of aryl methyl sites for hydroxylation is 2. The second-order valence-corrected chi connectivity index (χ2v) is 7.30. The van der Waals surface area contributed by atoms with Crippen LogP contribution in [0.1, 0.15) is 18.2 Å². The van der Waals surface area contributed by atoms with E-state index in [1.165, 1.54) is 5.56 Å². The lowest BCUT2D eigenvalue weighted by atomic mass is 10.1. The first kappa shape index (κ1) is 16.5. The molecule has 0 saturated carbocycles. The highest BCUT2D eigenvalue weighted by molar-refractivity contribution is 8.00. The predicted molar refractivity (Wildman–Crippen MR) is 102 cm³/mol. The molecule has 0 radical (unpaired) electrons. The molecule has 0 saturated heterocycles. The first-order chi connectivity index (χ1) is 11.5. The van der Waals surface area contributed by atoms with E-state index in [1.54, 1.807) is 11.8 Å². The number of carbonyl (C=O) groups excluding carboxylic acids is 1. The zero-order valence-electron chi connectivity index (χ0n) is 14.0. The van der Waals surface area contributed by atoms with Crippen molar-refractivity contribution in [1.29, 1.82) is 0 Å². The topological polar surface area (TPSA) is 42.0 Å². The monoisotopic (exact) mass is 336 g/mol. The van der Waals surface area contributed by atoms with E-state index in [9.17, 15) is 4.79 Å².